The van der Waals surface area contributed by atoms with Gasteiger partial charge in [0.05, 0.1) is 0 Å². The molecule has 2 aliphatic rings. The molecular weight excluding hydrogens is 226 g/mol. The van der Waals surface area contributed by atoms with E-state index >= 15 is 0 Å². The van der Waals surface area contributed by atoms with Crippen LogP contribution in [0.25, 0.3) is 0 Å². The number of nitrogens with one attached hydrogen (secondary N) is 1. The van der Waals surface area contributed by atoms with Crippen molar-refractivity contribution in [1.29, 1.82) is 0 Å². The summed E-state index contributed by atoms with van der Waals surface area (Å²) in [6.45, 7) is 0.709. The fraction of sp³-hybridized carbons (Fsp3) is 0.636. The number of amides is 1. The van der Waals surface area contributed by atoms with Gasteiger partial charge >= 0.3 is 5.97 Å². The summed E-state index contributed by atoms with van der Waals surface area (Å²) >= 11 is 0. The largest absolute Gasteiger partial charge is 0.494 e. The monoisotopic (exact) mass is 241 g/mol. The van der Waals surface area contributed by atoms with Crippen molar-refractivity contribution in [2.45, 2.75) is 31.2 Å². The molecular formula is C11H15NO5. The number of ether oxygens (including phenoxy) is 2. The van der Waals surface area contributed by atoms with Crippen LogP contribution in [0.2, 0.25) is 0 Å². The maximum Gasteiger partial charge on any atom is 0.329 e. The molecule has 0 saturated heterocycles. The molecule has 17 heavy (non-hydrogen) atoms. The van der Waals surface area contributed by atoms with Gasteiger partial charge in [-0.05, 0) is 12.8 Å². The van der Waals surface area contributed by atoms with Crippen molar-refractivity contribution in [3.8, 4) is 0 Å². The van der Waals surface area contributed by atoms with E-state index in [1.165, 1.54) is 6.26 Å². The van der Waals surface area contributed by atoms with Crippen LogP contribution in [-0.4, -0.2) is 35.7 Å². The molecule has 2 rings (SSSR count). The summed E-state index contributed by atoms with van der Waals surface area (Å²) in [5.41, 5.74) is -1.14. The third-order valence-corrected chi connectivity index (χ3v) is 3.09. The molecule has 6 nitrogen and oxygen atoms in total. The second-order valence-corrected chi connectivity index (χ2v) is 4.25. The highest BCUT2D eigenvalue weighted by Gasteiger charge is 2.43. The lowest BCUT2D eigenvalue weighted by atomic mass is 9.98. The highest BCUT2D eigenvalue weighted by molar-refractivity contribution is 5.95. The Balaban J connectivity index is 2.05. The van der Waals surface area contributed by atoms with Gasteiger partial charge in [0.2, 0.25) is 5.76 Å². The molecule has 94 valence electrons. The molecule has 0 aromatic carbocycles. The molecule has 1 saturated carbocycles. The summed E-state index contributed by atoms with van der Waals surface area (Å²) in [5, 5.41) is 11.8. The van der Waals surface area contributed by atoms with Crippen LogP contribution in [0.4, 0.5) is 0 Å². The molecule has 1 aliphatic heterocycles. The third-order valence-electron chi connectivity index (χ3n) is 3.09. The highest BCUT2D eigenvalue weighted by Crippen LogP contribution is 2.30. The van der Waals surface area contributed by atoms with Gasteiger partial charge in [-0.3, -0.25) is 4.79 Å². The van der Waals surface area contributed by atoms with Gasteiger partial charge in [-0.15, -0.1) is 0 Å². The van der Waals surface area contributed by atoms with Crippen LogP contribution in [0.1, 0.15) is 25.7 Å². The van der Waals surface area contributed by atoms with Crippen molar-refractivity contribution in [3.05, 3.63) is 12.0 Å². The topological polar surface area (TPSA) is 84.9 Å². The molecule has 0 spiro atoms. The summed E-state index contributed by atoms with van der Waals surface area (Å²) in [6, 6.07) is 0. The van der Waals surface area contributed by atoms with E-state index in [0.717, 1.165) is 12.8 Å². The Morgan fingerprint density at radius 3 is 2.53 bits per heavy atom. The van der Waals surface area contributed by atoms with Crippen LogP contribution in [-0.2, 0) is 19.1 Å². The first-order valence-corrected chi connectivity index (χ1v) is 5.64. The number of rotatable bonds is 3. The average molecular weight is 241 g/mol. The molecule has 1 amide bonds. The molecule has 2 N–H and O–H groups in total. The molecule has 0 radical (unpaired) electrons. The van der Waals surface area contributed by atoms with E-state index in [4.69, 9.17) is 9.47 Å². The van der Waals surface area contributed by atoms with Crippen molar-refractivity contribution >= 4 is 11.9 Å². The maximum atomic E-state index is 11.8. The number of carbonyl (C=O) groups excluding carboxylic acids is 1. The van der Waals surface area contributed by atoms with E-state index in [2.05, 4.69) is 5.32 Å². The van der Waals surface area contributed by atoms with Crippen molar-refractivity contribution in [1.82, 2.24) is 5.32 Å². The Labute approximate surface area is 98.6 Å². The molecule has 0 aromatic heterocycles. The van der Waals surface area contributed by atoms with Crippen molar-refractivity contribution in [2.75, 3.05) is 13.2 Å². The Kier molecular flexibility index (Phi) is 3.21. The number of hydrogen-bond donors (Lipinski definition) is 2. The predicted octanol–water partition coefficient (Wildman–Crippen LogP) is 0.388. The van der Waals surface area contributed by atoms with Crippen LogP contribution in [0.5, 0.6) is 0 Å². The van der Waals surface area contributed by atoms with Gasteiger partial charge in [-0.2, -0.15) is 0 Å². The van der Waals surface area contributed by atoms with E-state index in [-0.39, 0.29) is 5.76 Å². The fourth-order valence-corrected chi connectivity index (χ4v) is 2.14. The maximum absolute atomic E-state index is 11.8. The summed E-state index contributed by atoms with van der Waals surface area (Å²) in [5.74, 6) is -1.46. The van der Waals surface area contributed by atoms with Crippen LogP contribution < -0.4 is 5.32 Å². The Hall–Kier alpha value is -1.72. The summed E-state index contributed by atoms with van der Waals surface area (Å²) in [4.78, 5) is 23.1. The van der Waals surface area contributed by atoms with Crippen molar-refractivity contribution in [2.24, 2.45) is 0 Å². The molecule has 1 fully saturated rings. The molecule has 6 heteroatoms. The predicted molar refractivity (Wildman–Crippen MR) is 57.0 cm³/mol. The zero-order valence-electron chi connectivity index (χ0n) is 9.40. The first kappa shape index (κ1) is 11.8. The first-order valence-electron chi connectivity index (χ1n) is 5.64. The molecule has 0 aromatic rings. The smallest absolute Gasteiger partial charge is 0.329 e. The third kappa shape index (κ3) is 2.35. The minimum absolute atomic E-state index is 0.0452. The zero-order valence-corrected chi connectivity index (χ0v) is 9.40. The molecule has 1 aliphatic carbocycles. The van der Waals surface area contributed by atoms with Crippen LogP contribution in [0.15, 0.2) is 12.0 Å². The molecule has 0 atom stereocenters. The van der Waals surface area contributed by atoms with E-state index in [9.17, 15) is 14.7 Å². The zero-order chi connectivity index (χ0) is 12.3. The van der Waals surface area contributed by atoms with Crippen LogP contribution >= 0.6 is 0 Å². The van der Waals surface area contributed by atoms with Crippen LogP contribution in [0.3, 0.4) is 0 Å². The SMILES string of the molecule is O=C(NC1(C(=O)O)CCCC1)C1=COCCO1. The second-order valence-electron chi connectivity index (χ2n) is 4.25. The van der Waals surface area contributed by atoms with Gasteiger partial charge in [-0.1, -0.05) is 12.8 Å². The normalized spacial score (nSPS) is 22.0. The molecule has 0 unspecified atom stereocenters. The van der Waals surface area contributed by atoms with Crippen molar-refractivity contribution < 1.29 is 24.2 Å². The summed E-state index contributed by atoms with van der Waals surface area (Å²) in [6.07, 6.45) is 3.76. The van der Waals surface area contributed by atoms with Crippen molar-refractivity contribution in [3.63, 3.8) is 0 Å². The van der Waals surface area contributed by atoms with E-state index in [0.29, 0.717) is 26.1 Å². The van der Waals surface area contributed by atoms with Crippen LogP contribution in [0, 0.1) is 0 Å². The minimum Gasteiger partial charge on any atom is -0.494 e. The lowest BCUT2D eigenvalue weighted by molar-refractivity contribution is -0.147. The molecule has 0 bridgehead atoms. The van der Waals surface area contributed by atoms with E-state index in [1.54, 1.807) is 0 Å². The summed E-state index contributed by atoms with van der Waals surface area (Å²) < 4.78 is 10.1. The minimum atomic E-state index is -1.14. The van der Waals surface area contributed by atoms with Gasteiger partial charge in [-0.25, -0.2) is 4.79 Å². The molecule has 1 heterocycles. The fourth-order valence-electron chi connectivity index (χ4n) is 2.14. The second kappa shape index (κ2) is 4.65. The van der Waals surface area contributed by atoms with Gasteiger partial charge in [0.25, 0.3) is 5.91 Å². The van der Waals surface area contributed by atoms with Gasteiger partial charge in [0.1, 0.15) is 25.0 Å². The van der Waals surface area contributed by atoms with Gasteiger partial charge in [0.15, 0.2) is 0 Å². The summed E-state index contributed by atoms with van der Waals surface area (Å²) in [7, 11) is 0. The number of aliphatic carboxylic acids is 1. The first-order chi connectivity index (χ1) is 8.14. The van der Waals surface area contributed by atoms with Gasteiger partial charge < -0.3 is 19.9 Å². The number of carboxylic acids is 1. The lowest BCUT2D eigenvalue weighted by Crippen LogP contribution is -2.53. The highest BCUT2D eigenvalue weighted by atomic mass is 16.6. The Morgan fingerprint density at radius 1 is 1.29 bits per heavy atom. The standard InChI is InChI=1S/C11H15NO5/c13-9(8-7-16-5-6-17-8)12-11(10(14)15)3-1-2-4-11/h7H,1-6H2,(H,12,13)(H,14,15). The van der Waals surface area contributed by atoms with E-state index < -0.39 is 17.4 Å². The average Bonchev–Trinajstić information content (AvgIpc) is 2.80. The Bertz CT molecular complexity index is 357. The quantitative estimate of drug-likeness (QED) is 0.746. The van der Waals surface area contributed by atoms with Gasteiger partial charge in [0, 0.05) is 0 Å². The Morgan fingerprint density at radius 2 is 2.00 bits per heavy atom. The number of hydrogen-bond acceptors (Lipinski definition) is 4. The van der Waals surface area contributed by atoms with E-state index in [1.807, 2.05) is 0 Å². The lowest BCUT2D eigenvalue weighted by Gasteiger charge is -2.26. The number of carbonyl (C=O) groups is 2. The number of carboxylic acid groups (broad SMARTS) is 1.